The van der Waals surface area contributed by atoms with Crippen LogP contribution in [0.1, 0.15) is 15.4 Å². The van der Waals surface area contributed by atoms with Crippen LogP contribution in [0.25, 0.3) is 9.88 Å². The van der Waals surface area contributed by atoms with E-state index in [1.165, 1.54) is 11.3 Å². The van der Waals surface area contributed by atoms with E-state index >= 15 is 0 Å². The van der Waals surface area contributed by atoms with E-state index in [4.69, 9.17) is 11.6 Å². The summed E-state index contributed by atoms with van der Waals surface area (Å²) in [5, 5.41) is 3.05. The van der Waals surface area contributed by atoms with Crippen LogP contribution in [0.4, 0.5) is 10.1 Å². The molecule has 0 atom stereocenters. The molecule has 0 aliphatic heterocycles. The minimum Gasteiger partial charge on any atom is -0.319 e. The van der Waals surface area contributed by atoms with E-state index in [1.54, 1.807) is 13.0 Å². The number of rotatable bonds is 4. The van der Waals surface area contributed by atoms with Gasteiger partial charge < -0.3 is 5.32 Å². The average Bonchev–Trinajstić information content (AvgIpc) is 3.14. The van der Waals surface area contributed by atoms with Gasteiger partial charge >= 0.3 is 0 Å². The Labute approximate surface area is 162 Å². The van der Waals surface area contributed by atoms with Crippen molar-refractivity contribution in [2.45, 2.75) is 11.8 Å². The van der Waals surface area contributed by atoms with Gasteiger partial charge in [-0.25, -0.2) is 17.8 Å². The fourth-order valence-electron chi connectivity index (χ4n) is 2.15. The highest BCUT2D eigenvalue weighted by Crippen LogP contribution is 2.35. The lowest BCUT2D eigenvalue weighted by Crippen LogP contribution is -2.13. The van der Waals surface area contributed by atoms with Gasteiger partial charge in [0.25, 0.3) is 5.91 Å². The summed E-state index contributed by atoms with van der Waals surface area (Å²) >= 11 is 8.42. The second-order valence-electron chi connectivity index (χ2n) is 5.41. The summed E-state index contributed by atoms with van der Waals surface area (Å²) in [6, 6.07) is 6.80. The van der Waals surface area contributed by atoms with Crippen LogP contribution in [0.3, 0.4) is 0 Å². The van der Waals surface area contributed by atoms with Gasteiger partial charge in [0, 0.05) is 6.26 Å². The Balaban J connectivity index is 1.91. The largest absolute Gasteiger partial charge is 0.319 e. The molecule has 2 heterocycles. The predicted molar refractivity (Wildman–Crippen MR) is 103 cm³/mol. The molecule has 2 aromatic heterocycles. The molecule has 0 saturated heterocycles. The number of carbonyl (C=O) groups excluding carboxylic acids is 1. The van der Waals surface area contributed by atoms with Gasteiger partial charge in [-0.1, -0.05) is 11.6 Å². The maximum Gasteiger partial charge on any atom is 0.267 e. The molecule has 0 bridgehead atoms. The number of halogens is 2. The topological polar surface area (TPSA) is 76.1 Å². The quantitative estimate of drug-likeness (QED) is 0.612. The lowest BCUT2D eigenvalue weighted by molar-refractivity contribution is 0.102. The van der Waals surface area contributed by atoms with Gasteiger partial charge in [0.15, 0.2) is 9.84 Å². The number of amides is 1. The lowest BCUT2D eigenvalue weighted by Gasteiger charge is -2.07. The summed E-state index contributed by atoms with van der Waals surface area (Å²) in [5.41, 5.74) is 0.290. The first-order valence-corrected chi connectivity index (χ1v) is 11.1. The maximum absolute atomic E-state index is 14.0. The van der Waals surface area contributed by atoms with E-state index in [2.05, 4.69) is 10.3 Å². The lowest BCUT2D eigenvalue weighted by atomic mass is 10.3. The standard InChI is InChI=1S/C16H12ClFN2O3S3/c1-8-14(25-16(19-8)12-5-6-13(17)24-12)15(21)20-11-7-9(26(2,22)23)3-4-10(11)18/h3-7H,1-2H3,(H,20,21). The van der Waals surface area contributed by atoms with Crippen LogP contribution in [0.5, 0.6) is 0 Å². The molecular weight excluding hydrogens is 419 g/mol. The highest BCUT2D eigenvalue weighted by molar-refractivity contribution is 7.90. The molecule has 5 nitrogen and oxygen atoms in total. The summed E-state index contributed by atoms with van der Waals surface area (Å²) in [7, 11) is -3.52. The van der Waals surface area contributed by atoms with Crippen LogP contribution >= 0.6 is 34.3 Å². The van der Waals surface area contributed by atoms with Crippen molar-refractivity contribution in [1.29, 1.82) is 0 Å². The second-order valence-corrected chi connectivity index (χ2v) is 10.1. The van der Waals surface area contributed by atoms with Crippen molar-refractivity contribution in [3.05, 3.63) is 51.1 Å². The summed E-state index contributed by atoms with van der Waals surface area (Å²) in [5.74, 6) is -1.28. The predicted octanol–water partition coefficient (Wildman–Crippen LogP) is 4.63. The summed E-state index contributed by atoms with van der Waals surface area (Å²) < 4.78 is 37.8. The van der Waals surface area contributed by atoms with Crippen LogP contribution in [0.15, 0.2) is 35.2 Å². The minimum absolute atomic E-state index is 0.0795. The van der Waals surface area contributed by atoms with Crippen molar-refractivity contribution >= 4 is 55.7 Å². The highest BCUT2D eigenvalue weighted by atomic mass is 35.5. The number of anilines is 1. The van der Waals surface area contributed by atoms with E-state index in [0.29, 0.717) is 19.9 Å². The molecule has 1 aromatic carbocycles. The van der Waals surface area contributed by atoms with Crippen LogP contribution in [0.2, 0.25) is 4.34 Å². The van der Waals surface area contributed by atoms with Crippen molar-refractivity contribution in [2.75, 3.05) is 11.6 Å². The zero-order chi connectivity index (χ0) is 19.1. The molecule has 10 heteroatoms. The second kappa shape index (κ2) is 7.07. The van der Waals surface area contributed by atoms with Crippen molar-refractivity contribution < 1.29 is 17.6 Å². The maximum atomic E-state index is 14.0. The number of benzene rings is 1. The molecule has 3 rings (SSSR count). The van der Waals surface area contributed by atoms with E-state index in [1.807, 2.05) is 6.07 Å². The molecule has 0 fully saturated rings. The Bertz CT molecular complexity index is 1110. The summed E-state index contributed by atoms with van der Waals surface area (Å²) in [4.78, 5) is 17.9. The Morgan fingerprint density at radius 1 is 1.23 bits per heavy atom. The van der Waals surface area contributed by atoms with Gasteiger partial charge in [-0.05, 0) is 37.3 Å². The van der Waals surface area contributed by atoms with E-state index in [0.717, 1.165) is 40.7 Å². The number of aromatic nitrogens is 1. The van der Waals surface area contributed by atoms with Crippen LogP contribution < -0.4 is 5.32 Å². The molecule has 0 unspecified atom stereocenters. The molecule has 0 aliphatic carbocycles. The number of carbonyl (C=O) groups is 1. The molecule has 1 amide bonds. The first-order valence-electron chi connectivity index (χ1n) is 7.19. The number of aryl methyl sites for hydroxylation is 1. The third-order valence-corrected chi connectivity index (χ3v) is 7.07. The van der Waals surface area contributed by atoms with E-state index < -0.39 is 21.6 Å². The number of thiazole rings is 1. The SMILES string of the molecule is Cc1nc(-c2ccc(Cl)s2)sc1C(=O)Nc1cc(S(C)(=O)=O)ccc1F. The molecule has 0 radical (unpaired) electrons. The van der Waals surface area contributed by atoms with Crippen LogP contribution in [-0.4, -0.2) is 25.6 Å². The number of nitrogens with zero attached hydrogens (tertiary/aromatic N) is 1. The first kappa shape index (κ1) is 19.0. The normalized spacial score (nSPS) is 11.5. The molecule has 0 saturated carbocycles. The number of nitrogens with one attached hydrogen (secondary N) is 1. The molecule has 26 heavy (non-hydrogen) atoms. The third-order valence-electron chi connectivity index (χ3n) is 3.40. The van der Waals surface area contributed by atoms with Crippen molar-refractivity contribution in [1.82, 2.24) is 4.98 Å². The van der Waals surface area contributed by atoms with Gasteiger partial charge in [0.2, 0.25) is 0 Å². The average molecular weight is 431 g/mol. The van der Waals surface area contributed by atoms with E-state index in [-0.39, 0.29) is 10.6 Å². The molecular formula is C16H12ClFN2O3S3. The Kier molecular flexibility index (Phi) is 5.16. The third kappa shape index (κ3) is 3.96. The molecule has 1 N–H and O–H groups in total. The molecule has 0 spiro atoms. The zero-order valence-corrected chi connectivity index (χ0v) is 16.7. The summed E-state index contributed by atoms with van der Waals surface area (Å²) in [6.45, 7) is 1.67. The Morgan fingerprint density at radius 2 is 1.96 bits per heavy atom. The van der Waals surface area contributed by atoms with Gasteiger partial charge in [-0.15, -0.1) is 22.7 Å². The number of thiophene rings is 1. The highest BCUT2D eigenvalue weighted by Gasteiger charge is 2.19. The van der Waals surface area contributed by atoms with Gasteiger partial charge in [0.05, 0.1) is 25.5 Å². The van der Waals surface area contributed by atoms with Crippen LogP contribution in [-0.2, 0) is 9.84 Å². The fourth-order valence-corrected chi connectivity index (χ4v) is 4.86. The van der Waals surface area contributed by atoms with Crippen molar-refractivity contribution in [2.24, 2.45) is 0 Å². The molecule has 0 aliphatic rings. The van der Waals surface area contributed by atoms with Crippen molar-refractivity contribution in [3.63, 3.8) is 0 Å². The minimum atomic E-state index is -3.52. The van der Waals surface area contributed by atoms with Gasteiger partial charge in [-0.2, -0.15) is 0 Å². The zero-order valence-electron chi connectivity index (χ0n) is 13.5. The summed E-state index contributed by atoms with van der Waals surface area (Å²) in [6.07, 6.45) is 1.01. The fraction of sp³-hybridized carbons (Fsp3) is 0.125. The smallest absolute Gasteiger partial charge is 0.267 e. The Hall–Kier alpha value is -1.81. The van der Waals surface area contributed by atoms with Crippen molar-refractivity contribution in [3.8, 4) is 9.88 Å². The van der Waals surface area contributed by atoms with Crippen LogP contribution in [0, 0.1) is 12.7 Å². The number of sulfone groups is 1. The van der Waals surface area contributed by atoms with E-state index in [9.17, 15) is 17.6 Å². The number of hydrogen-bond donors (Lipinski definition) is 1. The monoisotopic (exact) mass is 430 g/mol. The number of hydrogen-bond acceptors (Lipinski definition) is 6. The van der Waals surface area contributed by atoms with Gasteiger partial charge in [-0.3, -0.25) is 4.79 Å². The molecule has 3 aromatic rings. The molecule has 136 valence electrons. The first-order chi connectivity index (χ1) is 12.1. The Morgan fingerprint density at radius 3 is 2.58 bits per heavy atom. The van der Waals surface area contributed by atoms with Gasteiger partial charge in [0.1, 0.15) is 15.7 Å².